The van der Waals surface area contributed by atoms with Crippen molar-refractivity contribution in [3.05, 3.63) is 66.0 Å². The number of nitrogens with zero attached hydrogens (tertiary/aromatic N) is 9. The van der Waals surface area contributed by atoms with Gasteiger partial charge in [0.1, 0.15) is 36.6 Å². The van der Waals surface area contributed by atoms with Crippen molar-refractivity contribution in [3.63, 3.8) is 0 Å². The number of hydrazone groups is 1. The van der Waals surface area contributed by atoms with Crippen LogP contribution in [-0.4, -0.2) is 97.5 Å². The molecule has 2 aliphatic rings. The first kappa shape index (κ1) is 26.9. The summed E-state index contributed by atoms with van der Waals surface area (Å²) in [5.41, 5.74) is -0.826. The van der Waals surface area contributed by atoms with E-state index in [1.807, 2.05) is 0 Å². The fraction of sp³-hybridized carbons (Fsp3) is 0.360. The molecule has 0 saturated carbocycles. The number of carbonyl (C=O) groups excluding carboxylic acids is 2. The van der Waals surface area contributed by atoms with Crippen molar-refractivity contribution in [1.29, 1.82) is 0 Å². The van der Waals surface area contributed by atoms with Crippen molar-refractivity contribution in [3.8, 4) is 5.69 Å². The molecule has 40 heavy (non-hydrogen) atoms. The van der Waals surface area contributed by atoms with Crippen LogP contribution < -0.4 is 4.90 Å². The summed E-state index contributed by atoms with van der Waals surface area (Å²) in [5, 5.41) is 28.8. The monoisotopic (exact) mass is 555 g/mol. The number of ether oxygens (including phenoxy) is 1. The molecule has 0 aliphatic carbocycles. The Balaban J connectivity index is 1.37. The molecule has 2 amide bonds. The van der Waals surface area contributed by atoms with Crippen LogP contribution in [0, 0.1) is 11.6 Å². The zero-order valence-corrected chi connectivity index (χ0v) is 21.8. The molecule has 1 N–H and O–H groups in total. The van der Waals surface area contributed by atoms with Crippen molar-refractivity contribution in [2.75, 3.05) is 37.9 Å². The van der Waals surface area contributed by atoms with Gasteiger partial charge in [0.15, 0.2) is 6.73 Å². The molecular weight excluding hydrogens is 528 g/mol. The minimum absolute atomic E-state index is 0.0555. The maximum atomic E-state index is 15.1. The minimum Gasteiger partial charge on any atom is -0.444 e. The first-order valence-corrected chi connectivity index (χ1v) is 12.4. The summed E-state index contributed by atoms with van der Waals surface area (Å²) in [5.74, 6) is -2.21. The fourth-order valence-electron chi connectivity index (χ4n) is 4.80. The summed E-state index contributed by atoms with van der Waals surface area (Å²) in [4.78, 5) is 29.3. The molecule has 0 spiro atoms. The van der Waals surface area contributed by atoms with E-state index in [0.717, 1.165) is 6.07 Å². The molecule has 2 atom stereocenters. The molecule has 1 saturated heterocycles. The number of hydrogen-bond donors (Lipinski definition) is 1. The van der Waals surface area contributed by atoms with Gasteiger partial charge in [-0.15, -0.1) is 5.10 Å². The zero-order valence-electron chi connectivity index (χ0n) is 21.8. The number of urea groups is 1. The molecule has 0 radical (unpaired) electrons. The highest BCUT2D eigenvalue weighted by molar-refractivity contribution is 5.94. The second-order valence-electron chi connectivity index (χ2n) is 9.51. The molecule has 3 heterocycles. The number of aliphatic hydroxyl groups is 1. The third kappa shape index (κ3) is 5.27. The van der Waals surface area contributed by atoms with Crippen molar-refractivity contribution >= 4 is 24.0 Å². The van der Waals surface area contributed by atoms with Gasteiger partial charge in [-0.3, -0.25) is 14.7 Å². The summed E-state index contributed by atoms with van der Waals surface area (Å²) in [7, 11) is 0. The minimum atomic E-state index is -1.98. The third-order valence-electron chi connectivity index (χ3n) is 6.95. The molecule has 15 heteroatoms. The average molecular weight is 556 g/mol. The number of tetrazole rings is 1. The summed E-state index contributed by atoms with van der Waals surface area (Å²) >= 11 is 0. The van der Waals surface area contributed by atoms with Crippen LogP contribution in [0.4, 0.5) is 19.3 Å². The molecule has 2 aromatic carbocycles. The number of esters is 1. The normalized spacial score (nSPS) is 17.5. The van der Waals surface area contributed by atoms with Gasteiger partial charge in [0.2, 0.25) is 0 Å². The topological polar surface area (TPSA) is 133 Å². The number of amides is 2. The molecule has 210 valence electrons. The van der Waals surface area contributed by atoms with E-state index in [0.29, 0.717) is 24.0 Å². The summed E-state index contributed by atoms with van der Waals surface area (Å²) < 4.78 is 35.3. The van der Waals surface area contributed by atoms with Gasteiger partial charge in [-0.25, -0.2) is 18.3 Å². The van der Waals surface area contributed by atoms with E-state index in [2.05, 4.69) is 20.6 Å². The number of rotatable bonds is 9. The van der Waals surface area contributed by atoms with Crippen molar-refractivity contribution in [2.45, 2.75) is 25.5 Å². The summed E-state index contributed by atoms with van der Waals surface area (Å²) in [6.07, 6.45) is 2.88. The lowest BCUT2D eigenvalue weighted by atomic mass is 9.85. The van der Waals surface area contributed by atoms with Crippen LogP contribution in [0.1, 0.15) is 19.4 Å². The number of anilines is 1. The van der Waals surface area contributed by atoms with Crippen LogP contribution in [-0.2, 0) is 15.1 Å². The Kier molecular flexibility index (Phi) is 7.30. The van der Waals surface area contributed by atoms with E-state index >= 15 is 4.39 Å². The molecule has 2 aliphatic heterocycles. The Morgan fingerprint density at radius 2 is 1.90 bits per heavy atom. The quantitative estimate of drug-likeness (QED) is 0.390. The number of β-amino-alcohol motifs (C(OH)–C–C–N with tert-alkyl or cyclic N) is 1. The van der Waals surface area contributed by atoms with Gasteiger partial charge in [-0.2, -0.15) is 5.10 Å². The fourth-order valence-corrected chi connectivity index (χ4v) is 4.80. The van der Waals surface area contributed by atoms with Crippen LogP contribution in [0.2, 0.25) is 0 Å². The molecule has 1 fully saturated rings. The first-order valence-electron chi connectivity index (χ1n) is 12.4. The van der Waals surface area contributed by atoms with Crippen LogP contribution in [0.15, 0.2) is 53.9 Å². The predicted octanol–water partition coefficient (Wildman–Crippen LogP) is 1.50. The van der Waals surface area contributed by atoms with E-state index in [9.17, 15) is 19.1 Å². The molecule has 3 aromatic rings. The van der Waals surface area contributed by atoms with Gasteiger partial charge in [-0.1, -0.05) is 6.07 Å². The highest BCUT2D eigenvalue weighted by atomic mass is 19.1. The van der Waals surface area contributed by atoms with Gasteiger partial charge < -0.3 is 19.6 Å². The number of carbonyl (C=O) groups is 2. The molecule has 5 rings (SSSR count). The highest BCUT2D eigenvalue weighted by Gasteiger charge is 2.47. The largest absolute Gasteiger partial charge is 0.444 e. The maximum absolute atomic E-state index is 15.1. The van der Waals surface area contributed by atoms with Gasteiger partial charge in [0, 0.05) is 37.3 Å². The molecule has 0 bridgehead atoms. The Labute approximate surface area is 227 Å². The van der Waals surface area contributed by atoms with E-state index in [1.165, 1.54) is 40.2 Å². The van der Waals surface area contributed by atoms with Crippen LogP contribution >= 0.6 is 0 Å². The number of aromatic nitrogens is 4. The Bertz CT molecular complexity index is 1410. The Morgan fingerprint density at radius 1 is 1.15 bits per heavy atom. The van der Waals surface area contributed by atoms with Crippen molar-refractivity contribution in [1.82, 2.24) is 35.0 Å². The number of benzene rings is 2. The van der Waals surface area contributed by atoms with Gasteiger partial charge in [-0.05, 0) is 47.7 Å². The Morgan fingerprint density at radius 3 is 2.58 bits per heavy atom. The van der Waals surface area contributed by atoms with E-state index in [4.69, 9.17) is 4.74 Å². The molecular formula is C25H27F2N9O4. The number of halogens is 2. The van der Waals surface area contributed by atoms with E-state index in [-0.39, 0.29) is 38.1 Å². The lowest BCUT2D eigenvalue weighted by Crippen LogP contribution is -2.55. The zero-order chi connectivity index (χ0) is 28.4. The second kappa shape index (κ2) is 10.8. The summed E-state index contributed by atoms with van der Waals surface area (Å²) in [6, 6.07) is 8.64. The average Bonchev–Trinajstić information content (AvgIpc) is 3.69. The van der Waals surface area contributed by atoms with Crippen LogP contribution in [0.3, 0.4) is 0 Å². The standard InChI is InChI=1S/C25H27F2N9O4/c1-17(34-9-10-35(24(34)38)20-4-6-21(7-5-20)36-13-28-30-31-36)25(39,22-8-3-19(26)11-23(22)27)12-33-15-32(14-29-33)16-40-18(2)37/h3-8,11,13-14,17,39H,9-10,12,15-16H2,1-2H3/t17-,25-/m1/s1. The summed E-state index contributed by atoms with van der Waals surface area (Å²) in [6.45, 7) is 3.32. The smallest absolute Gasteiger partial charge is 0.324 e. The number of hydrogen-bond acceptors (Lipinski definition) is 10. The van der Waals surface area contributed by atoms with Crippen LogP contribution in [0.5, 0.6) is 0 Å². The van der Waals surface area contributed by atoms with E-state index in [1.54, 1.807) is 41.0 Å². The maximum Gasteiger partial charge on any atom is 0.324 e. The van der Waals surface area contributed by atoms with Gasteiger partial charge >= 0.3 is 12.0 Å². The third-order valence-corrected chi connectivity index (χ3v) is 6.95. The predicted molar refractivity (Wildman–Crippen MR) is 137 cm³/mol. The second-order valence-corrected chi connectivity index (χ2v) is 9.51. The lowest BCUT2D eigenvalue weighted by Gasteiger charge is -2.41. The SMILES string of the molecule is CC(=O)OCN1C=NN(C[C@](O)(c2ccc(F)cc2F)[C@@H](C)N2CCN(c3ccc(-n4cnnn4)cc3)C2=O)C1. The lowest BCUT2D eigenvalue weighted by molar-refractivity contribution is -0.144. The van der Waals surface area contributed by atoms with Crippen molar-refractivity contribution < 1.29 is 28.2 Å². The highest BCUT2D eigenvalue weighted by Crippen LogP contribution is 2.35. The van der Waals surface area contributed by atoms with Crippen molar-refractivity contribution in [2.24, 2.45) is 5.10 Å². The van der Waals surface area contributed by atoms with Gasteiger partial charge in [0.05, 0.1) is 18.3 Å². The van der Waals surface area contributed by atoms with Crippen LogP contribution in [0.25, 0.3) is 5.69 Å². The molecule has 0 unspecified atom stereocenters. The van der Waals surface area contributed by atoms with Gasteiger partial charge in [0.25, 0.3) is 0 Å². The molecule has 13 nitrogen and oxygen atoms in total. The first-order chi connectivity index (χ1) is 19.2. The van der Waals surface area contributed by atoms with E-state index < -0.39 is 29.2 Å². The Hall–Kier alpha value is -4.66. The molecule has 1 aromatic heterocycles.